The van der Waals surface area contributed by atoms with E-state index in [0.717, 1.165) is 16.5 Å². The average molecular weight is 437 g/mol. The van der Waals surface area contributed by atoms with Gasteiger partial charge in [0.25, 0.3) is 0 Å². The molecule has 0 spiro atoms. The third-order valence-corrected chi connectivity index (χ3v) is 6.90. The molecule has 0 atom stereocenters. The van der Waals surface area contributed by atoms with Gasteiger partial charge in [0.2, 0.25) is 9.84 Å². The van der Waals surface area contributed by atoms with Crippen LogP contribution in [-0.4, -0.2) is 39.7 Å². The van der Waals surface area contributed by atoms with E-state index in [4.69, 9.17) is 27.9 Å². The molecule has 0 N–H and O–H groups in total. The third-order valence-electron chi connectivity index (χ3n) is 4.72. The van der Waals surface area contributed by atoms with Crippen molar-refractivity contribution < 1.29 is 13.2 Å². The van der Waals surface area contributed by atoms with Gasteiger partial charge in [0.15, 0.2) is 0 Å². The minimum atomic E-state index is -3.88. The van der Waals surface area contributed by atoms with Crippen molar-refractivity contribution in [3.05, 3.63) is 58.2 Å². The molecule has 2 aromatic carbocycles. The number of hydrogen-bond acceptors (Lipinski definition) is 5. The number of halogens is 2. The number of anilines is 1. The molecule has 146 valence electrons. The molecule has 2 heterocycles. The summed E-state index contributed by atoms with van der Waals surface area (Å²) in [5.74, 6) is 0. The first kappa shape index (κ1) is 19.5. The SMILES string of the molecule is Cc1ccc2ncc(S(=O)(=O)c3cc(Cl)cc(Cl)c3)c(N3CCOCC3)c2c1. The number of fused-ring (bicyclic) bond motifs is 1. The molecular weight excluding hydrogens is 419 g/mol. The van der Waals surface area contributed by atoms with E-state index in [2.05, 4.69) is 4.98 Å². The lowest BCUT2D eigenvalue weighted by Crippen LogP contribution is -2.37. The predicted molar refractivity (Wildman–Crippen MR) is 111 cm³/mol. The van der Waals surface area contributed by atoms with E-state index in [0.29, 0.717) is 32.0 Å². The highest BCUT2D eigenvalue weighted by Crippen LogP contribution is 2.37. The number of hydrogen-bond donors (Lipinski definition) is 0. The number of pyridine rings is 1. The van der Waals surface area contributed by atoms with Crippen LogP contribution in [0.3, 0.4) is 0 Å². The highest BCUT2D eigenvalue weighted by molar-refractivity contribution is 7.91. The molecule has 28 heavy (non-hydrogen) atoms. The third kappa shape index (κ3) is 3.57. The predicted octanol–water partition coefficient (Wildman–Crippen LogP) is 4.52. The topological polar surface area (TPSA) is 59.5 Å². The minimum Gasteiger partial charge on any atom is -0.378 e. The second-order valence-electron chi connectivity index (χ2n) is 6.70. The minimum absolute atomic E-state index is 0.0494. The molecule has 1 fully saturated rings. The van der Waals surface area contributed by atoms with Crippen LogP contribution in [0.1, 0.15) is 5.56 Å². The van der Waals surface area contributed by atoms with Crippen LogP contribution < -0.4 is 4.90 Å². The number of ether oxygens (including phenoxy) is 1. The van der Waals surface area contributed by atoms with E-state index in [1.807, 2.05) is 30.0 Å². The van der Waals surface area contributed by atoms with Gasteiger partial charge >= 0.3 is 0 Å². The summed E-state index contributed by atoms with van der Waals surface area (Å²) in [5, 5.41) is 1.34. The van der Waals surface area contributed by atoms with Crippen molar-refractivity contribution in [2.24, 2.45) is 0 Å². The van der Waals surface area contributed by atoms with Crippen molar-refractivity contribution in [2.75, 3.05) is 31.2 Å². The number of aryl methyl sites for hydroxylation is 1. The Morgan fingerprint density at radius 3 is 2.39 bits per heavy atom. The highest BCUT2D eigenvalue weighted by atomic mass is 35.5. The smallest absolute Gasteiger partial charge is 0.210 e. The van der Waals surface area contributed by atoms with E-state index in [-0.39, 0.29) is 19.8 Å². The van der Waals surface area contributed by atoms with Crippen LogP contribution in [0.25, 0.3) is 10.9 Å². The van der Waals surface area contributed by atoms with Gasteiger partial charge in [-0.2, -0.15) is 0 Å². The van der Waals surface area contributed by atoms with Crippen molar-refractivity contribution in [3.63, 3.8) is 0 Å². The maximum atomic E-state index is 13.5. The van der Waals surface area contributed by atoms with Crippen LogP contribution in [0.2, 0.25) is 10.0 Å². The van der Waals surface area contributed by atoms with Gasteiger partial charge in [-0.25, -0.2) is 8.42 Å². The largest absolute Gasteiger partial charge is 0.378 e. The molecule has 0 radical (unpaired) electrons. The van der Waals surface area contributed by atoms with E-state index >= 15 is 0 Å². The van der Waals surface area contributed by atoms with Gasteiger partial charge in [-0.05, 0) is 37.3 Å². The monoisotopic (exact) mass is 436 g/mol. The van der Waals surface area contributed by atoms with Crippen LogP contribution in [0, 0.1) is 6.92 Å². The molecule has 0 unspecified atom stereocenters. The summed E-state index contributed by atoms with van der Waals surface area (Å²) in [5.41, 5.74) is 2.42. The number of morpholine rings is 1. The number of rotatable bonds is 3. The van der Waals surface area contributed by atoms with Crippen LogP contribution in [0.4, 0.5) is 5.69 Å². The van der Waals surface area contributed by atoms with Gasteiger partial charge in [0.05, 0.1) is 29.3 Å². The summed E-state index contributed by atoms with van der Waals surface area (Å²) in [6.07, 6.45) is 1.42. The zero-order valence-corrected chi connectivity index (χ0v) is 17.5. The Morgan fingerprint density at radius 1 is 1.04 bits per heavy atom. The Balaban J connectivity index is 2.00. The lowest BCUT2D eigenvalue weighted by molar-refractivity contribution is 0.122. The molecule has 3 aromatic rings. The maximum Gasteiger partial charge on any atom is 0.210 e. The summed E-state index contributed by atoms with van der Waals surface area (Å²) >= 11 is 12.1. The zero-order chi connectivity index (χ0) is 19.9. The fourth-order valence-corrected chi connectivity index (χ4v) is 5.55. The number of sulfone groups is 1. The van der Waals surface area contributed by atoms with Gasteiger partial charge in [0, 0.05) is 34.7 Å². The highest BCUT2D eigenvalue weighted by Gasteiger charge is 2.28. The van der Waals surface area contributed by atoms with Gasteiger partial charge in [-0.1, -0.05) is 34.8 Å². The molecule has 1 aliphatic rings. The molecule has 1 aromatic heterocycles. The van der Waals surface area contributed by atoms with Gasteiger partial charge in [-0.15, -0.1) is 0 Å². The molecule has 0 saturated carbocycles. The molecular formula is C20H18Cl2N2O3S. The molecule has 0 bridgehead atoms. The first-order valence-electron chi connectivity index (χ1n) is 8.79. The average Bonchev–Trinajstić information content (AvgIpc) is 2.67. The van der Waals surface area contributed by atoms with Gasteiger partial charge < -0.3 is 9.64 Å². The second kappa shape index (κ2) is 7.52. The molecule has 8 heteroatoms. The Kier molecular flexibility index (Phi) is 5.22. The quantitative estimate of drug-likeness (QED) is 0.603. The lowest BCUT2D eigenvalue weighted by atomic mass is 10.1. The lowest BCUT2D eigenvalue weighted by Gasteiger charge is -2.31. The molecule has 0 amide bonds. The molecule has 1 aliphatic heterocycles. The summed E-state index contributed by atoms with van der Waals surface area (Å²) in [7, 11) is -3.88. The van der Waals surface area contributed by atoms with E-state index in [9.17, 15) is 8.42 Å². The fourth-order valence-electron chi connectivity index (χ4n) is 3.39. The maximum absolute atomic E-state index is 13.5. The van der Waals surface area contributed by atoms with Crippen molar-refractivity contribution in [1.82, 2.24) is 4.98 Å². The van der Waals surface area contributed by atoms with Crippen LogP contribution in [0.5, 0.6) is 0 Å². The molecule has 0 aliphatic carbocycles. The summed E-state index contributed by atoms with van der Waals surface area (Å²) in [6.45, 7) is 4.26. The first-order valence-corrected chi connectivity index (χ1v) is 11.0. The van der Waals surface area contributed by atoms with Gasteiger partial charge in [0.1, 0.15) is 4.90 Å². The van der Waals surface area contributed by atoms with Crippen molar-refractivity contribution in [1.29, 1.82) is 0 Å². The van der Waals surface area contributed by atoms with Crippen molar-refractivity contribution in [2.45, 2.75) is 16.7 Å². The molecule has 5 nitrogen and oxygen atoms in total. The Bertz CT molecular complexity index is 1140. The zero-order valence-electron chi connectivity index (χ0n) is 15.2. The molecule has 1 saturated heterocycles. The first-order chi connectivity index (χ1) is 13.4. The standard InChI is InChI=1S/C20H18Cl2N2O3S/c1-13-2-3-18-17(8-13)20(24-4-6-27-7-5-24)19(12-23-18)28(25,26)16-10-14(21)9-15(22)11-16/h2-3,8-12H,4-7H2,1H3. The Hall–Kier alpha value is -1.86. The Labute approximate surface area is 173 Å². The van der Waals surface area contributed by atoms with E-state index in [1.165, 1.54) is 24.4 Å². The van der Waals surface area contributed by atoms with Crippen LogP contribution >= 0.6 is 23.2 Å². The number of benzene rings is 2. The summed E-state index contributed by atoms with van der Waals surface area (Å²) in [6, 6.07) is 10.2. The van der Waals surface area contributed by atoms with Gasteiger partial charge in [-0.3, -0.25) is 4.98 Å². The fraction of sp³-hybridized carbons (Fsp3) is 0.250. The van der Waals surface area contributed by atoms with E-state index in [1.54, 1.807) is 0 Å². The summed E-state index contributed by atoms with van der Waals surface area (Å²) < 4.78 is 32.5. The summed E-state index contributed by atoms with van der Waals surface area (Å²) in [4.78, 5) is 6.65. The second-order valence-corrected chi connectivity index (χ2v) is 9.49. The van der Waals surface area contributed by atoms with Crippen molar-refractivity contribution >= 4 is 49.6 Å². The van der Waals surface area contributed by atoms with E-state index < -0.39 is 9.84 Å². The van der Waals surface area contributed by atoms with Crippen LogP contribution in [0.15, 0.2) is 52.4 Å². The van der Waals surface area contributed by atoms with Crippen LogP contribution in [-0.2, 0) is 14.6 Å². The number of aromatic nitrogens is 1. The van der Waals surface area contributed by atoms with Crippen molar-refractivity contribution in [3.8, 4) is 0 Å². The normalized spacial score (nSPS) is 15.2. The molecule has 4 rings (SSSR count). The number of nitrogens with zero attached hydrogens (tertiary/aromatic N) is 2. The Morgan fingerprint density at radius 2 is 1.71 bits per heavy atom.